The van der Waals surface area contributed by atoms with Gasteiger partial charge in [0.05, 0.1) is 5.39 Å². The van der Waals surface area contributed by atoms with Crippen LogP contribution in [0.4, 0.5) is 5.82 Å². The van der Waals surface area contributed by atoms with Crippen LogP contribution in [-0.4, -0.2) is 71.6 Å². The fourth-order valence-corrected chi connectivity index (χ4v) is 4.93. The van der Waals surface area contributed by atoms with Gasteiger partial charge in [-0.25, -0.2) is 9.97 Å². The predicted molar refractivity (Wildman–Crippen MR) is 101 cm³/mol. The van der Waals surface area contributed by atoms with Crippen LogP contribution in [0.2, 0.25) is 0 Å². The van der Waals surface area contributed by atoms with Crippen molar-refractivity contribution < 1.29 is 0 Å². The van der Waals surface area contributed by atoms with E-state index in [1.807, 2.05) is 11.3 Å². The van der Waals surface area contributed by atoms with Gasteiger partial charge in [-0.1, -0.05) is 13.8 Å². The van der Waals surface area contributed by atoms with Gasteiger partial charge in [0.25, 0.3) is 0 Å². The molecule has 4 rings (SSSR count). The number of rotatable bonds is 4. The van der Waals surface area contributed by atoms with E-state index in [2.05, 4.69) is 44.6 Å². The van der Waals surface area contributed by atoms with Crippen LogP contribution >= 0.6 is 11.3 Å². The Balaban J connectivity index is 1.48. The average Bonchev–Trinajstić information content (AvgIpc) is 3.28. The molecule has 2 aliphatic heterocycles. The third-order valence-corrected chi connectivity index (χ3v) is 6.73. The molecule has 0 radical (unpaired) electrons. The summed E-state index contributed by atoms with van der Waals surface area (Å²) in [5, 5.41) is 1.25. The highest BCUT2D eigenvalue weighted by Crippen LogP contribution is 2.32. The molecule has 0 N–H and O–H groups in total. The van der Waals surface area contributed by atoms with Gasteiger partial charge in [-0.2, -0.15) is 0 Å². The van der Waals surface area contributed by atoms with Gasteiger partial charge in [0.1, 0.15) is 17.0 Å². The summed E-state index contributed by atoms with van der Waals surface area (Å²) >= 11 is 1.81. The molecule has 4 heterocycles. The number of piperazine rings is 1. The lowest BCUT2D eigenvalue weighted by molar-refractivity contribution is 0.107. The summed E-state index contributed by atoms with van der Waals surface area (Å²) < 4.78 is 0. The van der Waals surface area contributed by atoms with Gasteiger partial charge in [-0.05, 0) is 25.5 Å². The van der Waals surface area contributed by atoms with Gasteiger partial charge in [0.2, 0.25) is 0 Å². The maximum atomic E-state index is 4.64. The molecule has 5 nitrogen and oxygen atoms in total. The van der Waals surface area contributed by atoms with Crippen molar-refractivity contribution in [1.29, 1.82) is 0 Å². The van der Waals surface area contributed by atoms with Crippen molar-refractivity contribution in [1.82, 2.24) is 19.8 Å². The summed E-state index contributed by atoms with van der Waals surface area (Å²) in [7, 11) is 0. The Hall–Kier alpha value is -1.24. The second-order valence-electron chi connectivity index (χ2n) is 6.84. The highest BCUT2D eigenvalue weighted by atomic mass is 32.1. The van der Waals surface area contributed by atoms with Crippen molar-refractivity contribution in [3.63, 3.8) is 0 Å². The number of hydrogen-bond acceptors (Lipinski definition) is 6. The van der Waals surface area contributed by atoms with Gasteiger partial charge in [-0.3, -0.25) is 4.90 Å². The minimum Gasteiger partial charge on any atom is -0.354 e. The van der Waals surface area contributed by atoms with Crippen LogP contribution in [0.1, 0.15) is 25.1 Å². The van der Waals surface area contributed by atoms with Gasteiger partial charge >= 0.3 is 0 Å². The third kappa shape index (κ3) is 3.03. The van der Waals surface area contributed by atoms with E-state index in [9.17, 15) is 0 Å². The van der Waals surface area contributed by atoms with Gasteiger partial charge < -0.3 is 9.80 Å². The van der Waals surface area contributed by atoms with E-state index < -0.39 is 0 Å². The number of aromatic nitrogens is 2. The zero-order chi connectivity index (χ0) is 16.5. The Morgan fingerprint density at radius 2 is 1.96 bits per heavy atom. The number of hydrogen-bond donors (Lipinski definition) is 0. The van der Waals surface area contributed by atoms with E-state index in [-0.39, 0.29) is 0 Å². The van der Waals surface area contributed by atoms with Crippen LogP contribution in [0.5, 0.6) is 0 Å². The number of thiophene rings is 1. The van der Waals surface area contributed by atoms with Gasteiger partial charge in [-0.15, -0.1) is 11.3 Å². The van der Waals surface area contributed by atoms with E-state index in [4.69, 9.17) is 0 Å². The Kier molecular flexibility index (Phi) is 4.70. The number of aryl methyl sites for hydroxylation is 1. The van der Waals surface area contributed by atoms with Crippen molar-refractivity contribution in [2.24, 2.45) is 0 Å². The first-order chi connectivity index (χ1) is 11.8. The van der Waals surface area contributed by atoms with Crippen LogP contribution in [0.15, 0.2) is 12.4 Å². The molecule has 2 aromatic rings. The van der Waals surface area contributed by atoms with Crippen LogP contribution in [0, 0.1) is 0 Å². The molecule has 0 aliphatic carbocycles. The molecule has 0 amide bonds. The fourth-order valence-electron chi connectivity index (χ4n) is 4.00. The molecule has 2 fully saturated rings. The summed E-state index contributed by atoms with van der Waals surface area (Å²) in [5.74, 6) is 1.14. The van der Waals surface area contributed by atoms with Crippen LogP contribution in [0.25, 0.3) is 10.2 Å². The number of anilines is 1. The van der Waals surface area contributed by atoms with E-state index in [1.165, 1.54) is 49.4 Å². The molecule has 1 atom stereocenters. The monoisotopic (exact) mass is 345 g/mol. The molecule has 0 spiro atoms. The minimum absolute atomic E-state index is 0.679. The number of likely N-dealkylation sites (N-methyl/N-ethyl adjacent to an activating group) is 1. The average molecular weight is 346 g/mol. The maximum absolute atomic E-state index is 4.64. The van der Waals surface area contributed by atoms with Gasteiger partial charge in [0.15, 0.2) is 0 Å². The van der Waals surface area contributed by atoms with Crippen LogP contribution < -0.4 is 4.90 Å². The van der Waals surface area contributed by atoms with Crippen molar-refractivity contribution in [2.45, 2.75) is 32.7 Å². The zero-order valence-corrected chi connectivity index (χ0v) is 15.6. The van der Waals surface area contributed by atoms with E-state index >= 15 is 0 Å². The molecule has 0 saturated carbocycles. The Labute approximate surface area is 148 Å². The largest absolute Gasteiger partial charge is 0.354 e. The van der Waals surface area contributed by atoms with E-state index in [0.29, 0.717) is 6.04 Å². The summed E-state index contributed by atoms with van der Waals surface area (Å²) in [6.45, 7) is 12.7. The smallest absolute Gasteiger partial charge is 0.140 e. The molecule has 2 aliphatic rings. The first-order valence-corrected chi connectivity index (χ1v) is 10.0. The third-order valence-electron chi connectivity index (χ3n) is 5.54. The Morgan fingerprint density at radius 1 is 1.12 bits per heavy atom. The van der Waals surface area contributed by atoms with Crippen molar-refractivity contribution in [3.05, 3.63) is 17.3 Å². The molecular weight excluding hydrogens is 318 g/mol. The van der Waals surface area contributed by atoms with Crippen molar-refractivity contribution in [3.8, 4) is 0 Å². The number of fused-ring (bicyclic) bond motifs is 1. The Bertz CT molecular complexity index is 692. The molecule has 1 unspecified atom stereocenters. The lowest BCUT2D eigenvalue weighted by Crippen LogP contribution is -2.50. The molecular formula is C18H27N5S. The predicted octanol–water partition coefficient (Wildman–Crippen LogP) is 2.47. The highest BCUT2D eigenvalue weighted by molar-refractivity contribution is 7.18. The fraction of sp³-hybridized carbons (Fsp3) is 0.667. The molecule has 2 aromatic heterocycles. The first kappa shape index (κ1) is 16.2. The summed E-state index contributed by atoms with van der Waals surface area (Å²) in [4.78, 5) is 19.4. The van der Waals surface area contributed by atoms with Crippen LogP contribution in [-0.2, 0) is 6.42 Å². The number of nitrogens with zero attached hydrogens (tertiary/aromatic N) is 5. The SMILES string of the molecule is CCc1cc2c(N3CCC(N4CCN(CC)CC4)C3)ncnc2s1. The molecule has 24 heavy (non-hydrogen) atoms. The van der Waals surface area contributed by atoms with Crippen LogP contribution in [0.3, 0.4) is 0 Å². The van der Waals surface area contributed by atoms with E-state index in [0.717, 1.165) is 30.2 Å². The second kappa shape index (κ2) is 6.94. The molecule has 6 heteroatoms. The van der Waals surface area contributed by atoms with Crippen molar-refractivity contribution >= 4 is 27.4 Å². The topological polar surface area (TPSA) is 35.5 Å². The van der Waals surface area contributed by atoms with E-state index in [1.54, 1.807) is 6.33 Å². The zero-order valence-electron chi connectivity index (χ0n) is 14.7. The second-order valence-corrected chi connectivity index (χ2v) is 7.96. The highest BCUT2D eigenvalue weighted by Gasteiger charge is 2.31. The quantitative estimate of drug-likeness (QED) is 0.851. The maximum Gasteiger partial charge on any atom is 0.140 e. The summed E-state index contributed by atoms with van der Waals surface area (Å²) in [6.07, 6.45) is 4.06. The van der Waals surface area contributed by atoms with Gasteiger partial charge in [0, 0.05) is 50.2 Å². The summed E-state index contributed by atoms with van der Waals surface area (Å²) in [5.41, 5.74) is 0. The van der Waals surface area contributed by atoms with Crippen molar-refractivity contribution in [2.75, 3.05) is 50.7 Å². The molecule has 130 valence electrons. The first-order valence-electron chi connectivity index (χ1n) is 9.23. The lowest BCUT2D eigenvalue weighted by Gasteiger charge is -2.37. The molecule has 2 saturated heterocycles. The molecule has 0 aromatic carbocycles. The standard InChI is InChI=1S/C18H27N5S/c1-3-15-11-16-17(19-13-20-18(16)24-15)23-6-5-14(12-23)22-9-7-21(4-2)8-10-22/h11,13-14H,3-10,12H2,1-2H3. The molecule has 0 bridgehead atoms. The lowest BCUT2D eigenvalue weighted by atomic mass is 10.2. The summed E-state index contributed by atoms with van der Waals surface area (Å²) in [6, 6.07) is 2.97. The minimum atomic E-state index is 0.679. The Morgan fingerprint density at radius 3 is 2.71 bits per heavy atom. The normalized spacial score (nSPS) is 23.4.